The number of hydrogen-bond acceptors (Lipinski definition) is 2. The predicted molar refractivity (Wildman–Crippen MR) is 88.8 cm³/mol. The number of carbonyl (C=O) groups excluding carboxylic acids is 1. The minimum Gasteiger partial charge on any atom is -0.374 e. The van der Waals surface area contributed by atoms with E-state index in [1.54, 1.807) is 0 Å². The Kier molecular flexibility index (Phi) is 4.63. The van der Waals surface area contributed by atoms with Gasteiger partial charge in [0.1, 0.15) is 6.04 Å². The van der Waals surface area contributed by atoms with Crippen LogP contribution in [0.5, 0.6) is 0 Å². The zero-order valence-corrected chi connectivity index (χ0v) is 13.0. The van der Waals surface area contributed by atoms with E-state index in [1.165, 1.54) is 5.56 Å². The van der Waals surface area contributed by atoms with Gasteiger partial charge in [-0.1, -0.05) is 29.8 Å². The van der Waals surface area contributed by atoms with Crippen molar-refractivity contribution in [3.05, 3.63) is 59.2 Å². The van der Waals surface area contributed by atoms with Crippen LogP contribution in [0.15, 0.2) is 42.5 Å². The Morgan fingerprint density at radius 3 is 2.24 bits per heavy atom. The molecule has 21 heavy (non-hydrogen) atoms. The zero-order valence-electron chi connectivity index (χ0n) is 13.0. The summed E-state index contributed by atoms with van der Waals surface area (Å²) in [6.45, 7) is 7.91. The standard InChI is InChI=1S/C18H22N2O/c1-12-6-9-16(10-7-12)19-15(4)18(21)20-17-11-13(2)5-8-14(17)3/h5-11,15,19H,1-4H3,(H,20,21). The monoisotopic (exact) mass is 282 g/mol. The number of rotatable bonds is 4. The van der Waals surface area contributed by atoms with Crippen LogP contribution < -0.4 is 10.6 Å². The Labute approximate surface area is 126 Å². The topological polar surface area (TPSA) is 41.1 Å². The summed E-state index contributed by atoms with van der Waals surface area (Å²) in [5, 5.41) is 6.19. The molecule has 0 saturated carbocycles. The van der Waals surface area contributed by atoms with Crippen LogP contribution in [0, 0.1) is 20.8 Å². The van der Waals surface area contributed by atoms with Gasteiger partial charge >= 0.3 is 0 Å². The van der Waals surface area contributed by atoms with Crippen LogP contribution in [-0.4, -0.2) is 11.9 Å². The summed E-state index contributed by atoms with van der Waals surface area (Å²) < 4.78 is 0. The quantitative estimate of drug-likeness (QED) is 0.888. The second-order valence-electron chi connectivity index (χ2n) is 5.54. The van der Waals surface area contributed by atoms with Crippen LogP contribution in [0.2, 0.25) is 0 Å². The molecule has 2 aromatic rings. The van der Waals surface area contributed by atoms with Crippen molar-refractivity contribution < 1.29 is 4.79 Å². The van der Waals surface area contributed by atoms with Crippen molar-refractivity contribution in [1.29, 1.82) is 0 Å². The molecule has 0 spiro atoms. The Morgan fingerprint density at radius 1 is 0.952 bits per heavy atom. The molecule has 110 valence electrons. The Bertz CT molecular complexity index is 632. The maximum absolute atomic E-state index is 12.3. The number of nitrogens with one attached hydrogen (secondary N) is 2. The maximum Gasteiger partial charge on any atom is 0.246 e. The van der Waals surface area contributed by atoms with E-state index in [9.17, 15) is 4.79 Å². The van der Waals surface area contributed by atoms with Crippen molar-refractivity contribution in [1.82, 2.24) is 0 Å². The fourth-order valence-electron chi connectivity index (χ4n) is 2.08. The maximum atomic E-state index is 12.3. The highest BCUT2D eigenvalue weighted by molar-refractivity contribution is 5.96. The number of anilines is 2. The first-order valence-corrected chi connectivity index (χ1v) is 7.17. The van der Waals surface area contributed by atoms with Gasteiger partial charge in [-0.3, -0.25) is 4.79 Å². The Balaban J connectivity index is 2.02. The van der Waals surface area contributed by atoms with Crippen molar-refractivity contribution >= 4 is 17.3 Å². The van der Waals surface area contributed by atoms with Crippen molar-refractivity contribution in [2.75, 3.05) is 10.6 Å². The molecule has 0 heterocycles. The molecule has 0 saturated heterocycles. The molecule has 2 aromatic carbocycles. The molecule has 1 atom stereocenters. The summed E-state index contributed by atoms with van der Waals surface area (Å²) >= 11 is 0. The SMILES string of the molecule is Cc1ccc(NC(C)C(=O)Nc2cc(C)ccc2C)cc1. The Morgan fingerprint density at radius 2 is 1.57 bits per heavy atom. The summed E-state index contributed by atoms with van der Waals surface area (Å²) in [5.74, 6) is -0.0377. The molecule has 3 heteroatoms. The summed E-state index contributed by atoms with van der Waals surface area (Å²) in [4.78, 5) is 12.3. The van der Waals surface area contributed by atoms with E-state index in [2.05, 4.69) is 10.6 Å². The largest absolute Gasteiger partial charge is 0.374 e. The van der Waals surface area contributed by atoms with Crippen molar-refractivity contribution in [2.24, 2.45) is 0 Å². The average molecular weight is 282 g/mol. The lowest BCUT2D eigenvalue weighted by Crippen LogP contribution is -2.32. The van der Waals surface area contributed by atoms with Gasteiger partial charge in [0.15, 0.2) is 0 Å². The Hall–Kier alpha value is -2.29. The molecular formula is C18H22N2O. The second kappa shape index (κ2) is 6.44. The first-order chi connectivity index (χ1) is 9.95. The van der Waals surface area contributed by atoms with Crippen molar-refractivity contribution in [3.8, 4) is 0 Å². The van der Waals surface area contributed by atoms with Gasteiger partial charge in [-0.2, -0.15) is 0 Å². The third-order valence-electron chi connectivity index (χ3n) is 3.48. The molecular weight excluding hydrogens is 260 g/mol. The first-order valence-electron chi connectivity index (χ1n) is 7.17. The molecule has 1 amide bonds. The van der Waals surface area contributed by atoms with Gasteiger partial charge in [-0.05, 0) is 57.0 Å². The summed E-state index contributed by atoms with van der Waals surface area (Å²) in [6, 6.07) is 13.8. The van der Waals surface area contributed by atoms with E-state index in [0.29, 0.717) is 0 Å². The highest BCUT2D eigenvalue weighted by atomic mass is 16.2. The van der Waals surface area contributed by atoms with E-state index in [4.69, 9.17) is 0 Å². The molecule has 0 aliphatic rings. The van der Waals surface area contributed by atoms with Crippen LogP contribution >= 0.6 is 0 Å². The van der Waals surface area contributed by atoms with E-state index in [1.807, 2.05) is 70.2 Å². The number of benzene rings is 2. The third-order valence-corrected chi connectivity index (χ3v) is 3.48. The number of aryl methyl sites for hydroxylation is 3. The summed E-state index contributed by atoms with van der Waals surface area (Å²) in [7, 11) is 0. The lowest BCUT2D eigenvalue weighted by molar-refractivity contribution is -0.116. The molecule has 0 aliphatic heterocycles. The molecule has 2 rings (SSSR count). The lowest BCUT2D eigenvalue weighted by atomic mass is 10.1. The lowest BCUT2D eigenvalue weighted by Gasteiger charge is -2.16. The predicted octanol–water partition coefficient (Wildman–Crippen LogP) is 4.05. The van der Waals surface area contributed by atoms with Gasteiger partial charge < -0.3 is 10.6 Å². The summed E-state index contributed by atoms with van der Waals surface area (Å²) in [6.07, 6.45) is 0. The van der Waals surface area contributed by atoms with E-state index in [-0.39, 0.29) is 11.9 Å². The van der Waals surface area contributed by atoms with Gasteiger partial charge in [0, 0.05) is 11.4 Å². The van der Waals surface area contributed by atoms with Gasteiger partial charge in [0.25, 0.3) is 0 Å². The minimum absolute atomic E-state index is 0.0377. The van der Waals surface area contributed by atoms with Gasteiger partial charge in [-0.25, -0.2) is 0 Å². The van der Waals surface area contributed by atoms with Crippen LogP contribution in [0.1, 0.15) is 23.6 Å². The molecule has 0 aromatic heterocycles. The minimum atomic E-state index is -0.299. The fraction of sp³-hybridized carbons (Fsp3) is 0.278. The van der Waals surface area contributed by atoms with E-state index in [0.717, 1.165) is 22.5 Å². The van der Waals surface area contributed by atoms with Crippen LogP contribution in [0.25, 0.3) is 0 Å². The molecule has 3 nitrogen and oxygen atoms in total. The zero-order chi connectivity index (χ0) is 15.4. The van der Waals surface area contributed by atoms with E-state index >= 15 is 0 Å². The molecule has 1 unspecified atom stereocenters. The van der Waals surface area contributed by atoms with Crippen LogP contribution in [0.3, 0.4) is 0 Å². The average Bonchev–Trinajstić information content (AvgIpc) is 2.45. The number of carbonyl (C=O) groups is 1. The van der Waals surface area contributed by atoms with Crippen LogP contribution in [-0.2, 0) is 4.79 Å². The van der Waals surface area contributed by atoms with Gasteiger partial charge in [0.05, 0.1) is 0 Å². The van der Waals surface area contributed by atoms with Crippen molar-refractivity contribution in [2.45, 2.75) is 33.7 Å². The molecule has 0 radical (unpaired) electrons. The van der Waals surface area contributed by atoms with Crippen molar-refractivity contribution in [3.63, 3.8) is 0 Å². The van der Waals surface area contributed by atoms with E-state index < -0.39 is 0 Å². The highest BCUT2D eigenvalue weighted by Crippen LogP contribution is 2.17. The highest BCUT2D eigenvalue weighted by Gasteiger charge is 2.13. The number of amides is 1. The molecule has 0 fully saturated rings. The second-order valence-corrected chi connectivity index (χ2v) is 5.54. The van der Waals surface area contributed by atoms with Gasteiger partial charge in [-0.15, -0.1) is 0 Å². The first kappa shape index (κ1) is 15.1. The number of hydrogen-bond donors (Lipinski definition) is 2. The van der Waals surface area contributed by atoms with Crippen LogP contribution in [0.4, 0.5) is 11.4 Å². The molecule has 0 aliphatic carbocycles. The molecule has 2 N–H and O–H groups in total. The third kappa shape index (κ3) is 4.09. The summed E-state index contributed by atoms with van der Waals surface area (Å²) in [5.41, 5.74) is 5.22. The smallest absolute Gasteiger partial charge is 0.246 e. The molecule has 0 bridgehead atoms. The van der Waals surface area contributed by atoms with Gasteiger partial charge in [0.2, 0.25) is 5.91 Å². The normalized spacial score (nSPS) is 11.8. The fourth-order valence-corrected chi connectivity index (χ4v) is 2.08.